The van der Waals surface area contributed by atoms with Crippen molar-refractivity contribution < 1.29 is 213 Å². The molecule has 4 aromatic rings. The van der Waals surface area contributed by atoms with E-state index in [1.54, 1.807) is 0 Å². The first-order chi connectivity index (χ1) is 27.2. The third kappa shape index (κ3) is 17.4. The van der Waals surface area contributed by atoms with E-state index in [1.165, 1.54) is 0 Å². The van der Waals surface area contributed by atoms with Crippen molar-refractivity contribution in [2.24, 2.45) is 20.5 Å². The van der Waals surface area contributed by atoms with Crippen molar-refractivity contribution in [1.29, 1.82) is 0 Å². The van der Waals surface area contributed by atoms with Gasteiger partial charge in [0.1, 0.15) is 42.2 Å². The van der Waals surface area contributed by atoms with Crippen LogP contribution in [-0.2, 0) is 79.2 Å². The topological polar surface area (TPSA) is 466 Å². The summed E-state index contributed by atoms with van der Waals surface area (Å²) in [6.07, 6.45) is 0. The summed E-state index contributed by atoms with van der Waals surface area (Å²) < 4.78 is 229. The fraction of sp³-hybridized carbons (Fsp3) is 0.154. The summed E-state index contributed by atoms with van der Waals surface area (Å²) in [6, 6.07) is 5.64. The van der Waals surface area contributed by atoms with E-state index >= 15 is 0 Å². The van der Waals surface area contributed by atoms with Crippen LogP contribution in [0, 0.1) is 0 Å². The Labute approximate surface area is 452 Å². The Morgan fingerprint density at radius 2 is 0.906 bits per heavy atom. The molecule has 0 fully saturated rings. The van der Waals surface area contributed by atoms with Crippen LogP contribution in [0.1, 0.15) is 0 Å². The van der Waals surface area contributed by atoms with Gasteiger partial charge in [0, 0.05) is 16.5 Å². The van der Waals surface area contributed by atoms with Crippen molar-refractivity contribution in [1.82, 2.24) is 0 Å². The Morgan fingerprint density at radius 1 is 0.516 bits per heavy atom. The molecule has 0 amide bonds. The van der Waals surface area contributed by atoms with Gasteiger partial charge in [0.25, 0.3) is 10.1 Å². The molecule has 0 saturated carbocycles. The van der Waals surface area contributed by atoms with Crippen molar-refractivity contribution in [2.75, 3.05) is 30.5 Å². The third-order valence-corrected chi connectivity index (χ3v) is 14.1. The third-order valence-electron chi connectivity index (χ3n) is 7.25. The van der Waals surface area contributed by atoms with E-state index in [-0.39, 0.29) is 130 Å². The predicted molar refractivity (Wildman–Crippen MR) is 192 cm³/mol. The summed E-state index contributed by atoms with van der Waals surface area (Å²) in [5.41, 5.74) is 2.08. The molecule has 0 bridgehead atoms. The molecule has 64 heavy (non-hydrogen) atoms. The van der Waals surface area contributed by atoms with Gasteiger partial charge >= 0.3 is 118 Å². The van der Waals surface area contributed by atoms with E-state index < -0.39 is 159 Å². The number of fused-ring (bicyclic) bond motifs is 1. The van der Waals surface area contributed by atoms with Gasteiger partial charge in [-0.3, -0.25) is 12.9 Å². The minimum Gasteiger partial charge on any atom is -0.744 e. The van der Waals surface area contributed by atoms with E-state index in [0.717, 1.165) is 12.1 Å². The average Bonchev–Trinajstić information content (AvgIpc) is 3.07. The van der Waals surface area contributed by atoms with Crippen molar-refractivity contribution in [2.45, 2.75) is 24.5 Å². The van der Waals surface area contributed by atoms with Crippen LogP contribution in [0.25, 0.3) is 10.8 Å². The standard InChI is InChI=1S/C26H25N5O22S7.4Na/c27-14-9-18-17(21(10-14)30-28-19-3-1-15(11-22(19)56(37,38)39)54(33,34)7-5-52-59(46,47)48)13-24(58(43,44)45)25(26(18)32)31-29-20-4-2-16(12-23(20)57(40,41)42)55(35,36)8-6-53-60(49,50)51;;;;/h1-4,9-13,32H,5-8,27H2,(H,37,38,39)(H,40,41,42)(H,43,44,45)(H,46,47,48)(H,49,50,51);;;;/q;4*+1/p-4. The number of nitrogens with zero attached hydrogens (tertiary/aromatic N) is 4. The fourth-order valence-electron chi connectivity index (χ4n) is 4.71. The zero-order valence-electron chi connectivity index (χ0n) is 32.8. The molecule has 0 atom stereocenters. The molecular formula is C26H21N5Na4O22S7. The van der Waals surface area contributed by atoms with E-state index in [9.17, 15) is 86.8 Å². The molecule has 0 aliphatic carbocycles. The molecule has 328 valence electrons. The predicted octanol–water partition coefficient (Wildman–Crippen LogP) is -11.5. The summed E-state index contributed by atoms with van der Waals surface area (Å²) in [7, 11) is -36.6. The maximum absolute atomic E-state index is 12.6. The van der Waals surface area contributed by atoms with Crippen molar-refractivity contribution in [3.8, 4) is 5.75 Å². The molecule has 4 N–H and O–H groups in total. The number of rotatable bonds is 17. The molecule has 0 unspecified atom stereocenters. The maximum atomic E-state index is 12.6. The molecule has 0 radical (unpaired) electrons. The van der Waals surface area contributed by atoms with Gasteiger partial charge in [0.15, 0.2) is 25.4 Å². The first-order valence-corrected chi connectivity index (χ1v) is 25.2. The summed E-state index contributed by atoms with van der Waals surface area (Å²) in [5, 5.41) is 24.4. The van der Waals surface area contributed by atoms with Gasteiger partial charge in [-0.15, -0.1) is 20.5 Å². The Hall–Kier alpha value is -0.690. The number of nitrogen functional groups attached to an aromatic ring is 1. The molecule has 0 aromatic heterocycles. The summed E-state index contributed by atoms with van der Waals surface area (Å²) in [4.78, 5) is -5.81. The molecule has 27 nitrogen and oxygen atoms in total. The first kappa shape index (κ1) is 63.3. The first-order valence-electron chi connectivity index (χ1n) is 15.0. The molecular weight excluding hydrogens is 1050 g/mol. The number of anilines is 1. The van der Waals surface area contributed by atoms with Crippen LogP contribution in [0.2, 0.25) is 0 Å². The van der Waals surface area contributed by atoms with Crippen LogP contribution in [0.5, 0.6) is 5.75 Å². The van der Waals surface area contributed by atoms with Crippen molar-refractivity contribution >= 4 is 110 Å². The van der Waals surface area contributed by atoms with Gasteiger partial charge in [0.2, 0.25) is 20.8 Å². The normalized spacial score (nSPS) is 12.9. The van der Waals surface area contributed by atoms with E-state index in [2.05, 4.69) is 28.8 Å². The second-order valence-electron chi connectivity index (χ2n) is 11.3. The summed E-state index contributed by atoms with van der Waals surface area (Å²) >= 11 is 0. The molecule has 4 rings (SSSR count). The smallest absolute Gasteiger partial charge is 0.744 e. The zero-order chi connectivity index (χ0) is 45.4. The van der Waals surface area contributed by atoms with Gasteiger partial charge < -0.3 is 29.1 Å². The van der Waals surface area contributed by atoms with Gasteiger partial charge in [0.05, 0.1) is 50.0 Å². The molecule has 0 heterocycles. The number of azo groups is 2. The van der Waals surface area contributed by atoms with Crippen LogP contribution >= 0.6 is 0 Å². The SMILES string of the molecule is Nc1cc(N=Nc2ccc(S(=O)(=O)CCOS(=O)(=O)[O-])cc2S(=O)(=O)[O-])c2cc(S(=O)(=O)O)c(N=Nc3ccc(S(=O)(=O)CCOS(=O)(=O)[O-])cc3S(=O)(=O)[O-])c(O)c2c1.[Na+].[Na+].[Na+].[Na+]. The van der Waals surface area contributed by atoms with Crippen LogP contribution in [0.15, 0.2) is 99.5 Å². The Bertz CT molecular complexity index is 3300. The maximum Gasteiger partial charge on any atom is 1.00 e. The van der Waals surface area contributed by atoms with Crippen molar-refractivity contribution in [3.63, 3.8) is 0 Å². The number of benzene rings is 4. The quantitative estimate of drug-likeness (QED) is 0.0290. The fourth-order valence-corrected chi connectivity index (χ4v) is 9.79. The second kappa shape index (κ2) is 23.7. The number of hydrogen-bond acceptors (Lipinski definition) is 26. The minimum absolute atomic E-state index is 0. The van der Waals surface area contributed by atoms with Crippen LogP contribution < -0.4 is 124 Å². The Morgan fingerprint density at radius 3 is 1.28 bits per heavy atom. The summed E-state index contributed by atoms with van der Waals surface area (Å²) in [6.45, 7) is -2.38. The van der Waals surface area contributed by atoms with Crippen LogP contribution in [0.4, 0.5) is 28.4 Å². The van der Waals surface area contributed by atoms with Crippen molar-refractivity contribution in [3.05, 3.63) is 54.6 Å². The molecule has 38 heteroatoms. The van der Waals surface area contributed by atoms with Gasteiger partial charge in [-0.2, -0.15) is 8.42 Å². The summed E-state index contributed by atoms with van der Waals surface area (Å²) in [5.74, 6) is -3.56. The molecule has 0 aliphatic heterocycles. The molecule has 0 saturated heterocycles. The van der Waals surface area contributed by atoms with E-state index in [0.29, 0.717) is 36.4 Å². The minimum atomic E-state index is -5.66. The monoisotopic (exact) mass is 1070 g/mol. The Kier molecular flexibility index (Phi) is 23.5. The molecule has 0 spiro atoms. The molecule has 4 aromatic carbocycles. The number of sulfone groups is 2. The Balaban J connectivity index is 0.00000992. The van der Waals surface area contributed by atoms with E-state index in [4.69, 9.17) is 5.73 Å². The van der Waals surface area contributed by atoms with Gasteiger partial charge in [-0.25, -0.2) is 50.5 Å². The van der Waals surface area contributed by atoms with Gasteiger partial charge in [-0.1, -0.05) is 0 Å². The average molecular weight is 1070 g/mol. The van der Waals surface area contributed by atoms with E-state index in [1.807, 2.05) is 0 Å². The number of phenols is 1. The number of aromatic hydroxyl groups is 1. The second-order valence-corrected chi connectivity index (χ2v) is 21.8. The number of phenolic OH excluding ortho intramolecular Hbond substituents is 1. The largest absolute Gasteiger partial charge is 1.00 e. The van der Waals surface area contributed by atoms with Crippen LogP contribution in [0.3, 0.4) is 0 Å². The molecule has 0 aliphatic rings. The van der Waals surface area contributed by atoms with Crippen LogP contribution in [-0.4, -0.2) is 112 Å². The van der Waals surface area contributed by atoms with Gasteiger partial charge in [-0.05, 0) is 54.6 Å². The zero-order valence-corrected chi connectivity index (χ0v) is 46.5. The number of hydrogen-bond donors (Lipinski definition) is 3. The number of nitrogens with two attached hydrogens (primary N) is 1.